The van der Waals surface area contributed by atoms with Gasteiger partial charge in [0.2, 0.25) is 0 Å². The number of piperidine rings is 1. The van der Waals surface area contributed by atoms with Gasteiger partial charge in [-0.3, -0.25) is 9.30 Å². The number of nitrogens with zero attached hydrogens (tertiary/aromatic N) is 4. The SMILES string of the molecule is CCNC(=NCc1ccc(CN2CCCCC2)cc1)NCc1cn2ccsc2n1.I. The van der Waals surface area contributed by atoms with Gasteiger partial charge in [0, 0.05) is 30.9 Å². The van der Waals surface area contributed by atoms with Crippen LogP contribution in [-0.2, 0) is 19.6 Å². The Kier molecular flexibility index (Phi) is 8.95. The Bertz CT molecular complexity index is 898. The Balaban J connectivity index is 0.00000256. The minimum absolute atomic E-state index is 0. The van der Waals surface area contributed by atoms with Crippen LogP contribution in [0.15, 0.2) is 47.0 Å². The predicted molar refractivity (Wildman–Crippen MR) is 136 cm³/mol. The summed E-state index contributed by atoms with van der Waals surface area (Å²) in [7, 11) is 0. The minimum atomic E-state index is 0. The van der Waals surface area contributed by atoms with Gasteiger partial charge in [-0.1, -0.05) is 30.7 Å². The number of imidazole rings is 1. The van der Waals surface area contributed by atoms with Gasteiger partial charge in [-0.05, 0) is 44.0 Å². The van der Waals surface area contributed by atoms with Crippen molar-refractivity contribution in [2.24, 2.45) is 4.99 Å². The highest BCUT2D eigenvalue weighted by atomic mass is 127. The number of likely N-dealkylation sites (tertiary alicyclic amines) is 1. The Morgan fingerprint density at radius 1 is 1.10 bits per heavy atom. The molecule has 1 fully saturated rings. The lowest BCUT2D eigenvalue weighted by atomic mass is 10.1. The number of rotatable bonds is 7. The molecule has 0 bridgehead atoms. The number of guanidine groups is 1. The van der Waals surface area contributed by atoms with Gasteiger partial charge >= 0.3 is 0 Å². The van der Waals surface area contributed by atoms with Gasteiger partial charge in [-0.15, -0.1) is 35.3 Å². The fourth-order valence-electron chi connectivity index (χ4n) is 3.67. The Morgan fingerprint density at radius 3 is 2.60 bits per heavy atom. The van der Waals surface area contributed by atoms with Crippen molar-refractivity contribution in [2.75, 3.05) is 19.6 Å². The molecule has 2 aromatic heterocycles. The summed E-state index contributed by atoms with van der Waals surface area (Å²) in [5, 5.41) is 8.75. The van der Waals surface area contributed by atoms with Crippen LogP contribution in [0.25, 0.3) is 4.96 Å². The smallest absolute Gasteiger partial charge is 0.193 e. The third kappa shape index (κ3) is 6.42. The number of hydrogen-bond acceptors (Lipinski definition) is 4. The zero-order valence-electron chi connectivity index (χ0n) is 17.5. The first-order valence-corrected chi connectivity index (χ1v) is 11.4. The van der Waals surface area contributed by atoms with E-state index in [2.05, 4.69) is 62.3 Å². The van der Waals surface area contributed by atoms with Crippen molar-refractivity contribution in [3.8, 4) is 0 Å². The topological polar surface area (TPSA) is 57.0 Å². The van der Waals surface area contributed by atoms with E-state index in [-0.39, 0.29) is 24.0 Å². The average Bonchev–Trinajstić information content (AvgIpc) is 3.34. The summed E-state index contributed by atoms with van der Waals surface area (Å²) in [5.41, 5.74) is 3.64. The molecule has 162 valence electrons. The normalized spacial score (nSPS) is 15.2. The lowest BCUT2D eigenvalue weighted by Gasteiger charge is -2.26. The van der Waals surface area contributed by atoms with Crippen molar-refractivity contribution < 1.29 is 0 Å². The van der Waals surface area contributed by atoms with Gasteiger partial charge in [0.05, 0.1) is 18.8 Å². The van der Waals surface area contributed by atoms with Gasteiger partial charge in [0.25, 0.3) is 0 Å². The van der Waals surface area contributed by atoms with E-state index in [9.17, 15) is 0 Å². The second kappa shape index (κ2) is 11.7. The predicted octanol–water partition coefficient (Wildman–Crippen LogP) is 4.26. The third-order valence-electron chi connectivity index (χ3n) is 5.22. The van der Waals surface area contributed by atoms with Crippen molar-refractivity contribution in [3.05, 3.63) is 58.9 Å². The van der Waals surface area contributed by atoms with E-state index in [4.69, 9.17) is 4.99 Å². The van der Waals surface area contributed by atoms with Crippen molar-refractivity contribution in [2.45, 2.75) is 45.8 Å². The van der Waals surface area contributed by atoms with E-state index in [1.165, 1.54) is 43.5 Å². The van der Waals surface area contributed by atoms with Crippen LogP contribution in [0.5, 0.6) is 0 Å². The van der Waals surface area contributed by atoms with E-state index in [1.807, 2.05) is 11.6 Å². The van der Waals surface area contributed by atoms with Crippen LogP contribution in [0.2, 0.25) is 0 Å². The second-order valence-corrected chi connectivity index (χ2v) is 8.40. The number of nitrogens with one attached hydrogen (secondary N) is 2. The first kappa shape index (κ1) is 23.0. The fourth-order valence-corrected chi connectivity index (χ4v) is 4.39. The van der Waals surface area contributed by atoms with Crippen LogP contribution < -0.4 is 10.6 Å². The molecule has 1 aromatic carbocycles. The molecule has 1 aliphatic heterocycles. The van der Waals surface area contributed by atoms with Crippen LogP contribution >= 0.6 is 35.3 Å². The molecule has 0 spiro atoms. The minimum Gasteiger partial charge on any atom is -0.357 e. The number of halogens is 1. The molecule has 1 aliphatic rings. The number of benzene rings is 1. The maximum Gasteiger partial charge on any atom is 0.193 e. The molecule has 8 heteroatoms. The van der Waals surface area contributed by atoms with E-state index < -0.39 is 0 Å². The molecule has 0 unspecified atom stereocenters. The molecule has 4 rings (SSSR count). The van der Waals surface area contributed by atoms with Gasteiger partial charge in [-0.2, -0.15) is 0 Å². The summed E-state index contributed by atoms with van der Waals surface area (Å²) < 4.78 is 2.05. The summed E-state index contributed by atoms with van der Waals surface area (Å²) in [4.78, 5) is 12.9. The fraction of sp³-hybridized carbons (Fsp3) is 0.455. The quantitative estimate of drug-likeness (QED) is 0.268. The maximum atomic E-state index is 4.74. The third-order valence-corrected chi connectivity index (χ3v) is 5.99. The zero-order valence-corrected chi connectivity index (χ0v) is 20.7. The summed E-state index contributed by atoms with van der Waals surface area (Å²) in [6, 6.07) is 8.90. The van der Waals surface area contributed by atoms with E-state index in [0.717, 1.165) is 29.7 Å². The van der Waals surface area contributed by atoms with Crippen LogP contribution in [0, 0.1) is 0 Å². The molecule has 0 amide bonds. The first-order valence-electron chi connectivity index (χ1n) is 10.5. The van der Waals surface area contributed by atoms with Crippen LogP contribution in [0.4, 0.5) is 0 Å². The largest absolute Gasteiger partial charge is 0.357 e. The number of hydrogen-bond donors (Lipinski definition) is 2. The molecule has 0 atom stereocenters. The van der Waals surface area contributed by atoms with Gasteiger partial charge in [-0.25, -0.2) is 9.98 Å². The highest BCUT2D eigenvalue weighted by Crippen LogP contribution is 2.14. The molecule has 1 saturated heterocycles. The lowest BCUT2D eigenvalue weighted by molar-refractivity contribution is 0.221. The van der Waals surface area contributed by atoms with Gasteiger partial charge in [0.15, 0.2) is 10.9 Å². The number of aliphatic imine (C=N–C) groups is 1. The Labute approximate surface area is 199 Å². The van der Waals surface area contributed by atoms with Crippen LogP contribution in [-0.4, -0.2) is 39.9 Å². The summed E-state index contributed by atoms with van der Waals surface area (Å²) in [6.07, 6.45) is 8.15. The molecule has 6 nitrogen and oxygen atoms in total. The van der Waals surface area contributed by atoms with E-state index in [0.29, 0.717) is 13.1 Å². The summed E-state index contributed by atoms with van der Waals surface area (Å²) in [6.45, 7) is 7.78. The van der Waals surface area contributed by atoms with Gasteiger partial charge in [0.1, 0.15) is 0 Å². The Hall–Kier alpha value is -1.65. The number of thiazole rings is 1. The van der Waals surface area contributed by atoms with E-state index >= 15 is 0 Å². The second-order valence-electron chi connectivity index (χ2n) is 7.53. The zero-order chi connectivity index (χ0) is 19.9. The Morgan fingerprint density at radius 2 is 1.87 bits per heavy atom. The molecule has 3 heterocycles. The first-order chi connectivity index (χ1) is 14.3. The summed E-state index contributed by atoms with van der Waals surface area (Å²) in [5.74, 6) is 0.821. The van der Waals surface area contributed by atoms with E-state index in [1.54, 1.807) is 11.3 Å². The molecule has 30 heavy (non-hydrogen) atoms. The van der Waals surface area contributed by atoms with Gasteiger partial charge < -0.3 is 10.6 Å². The maximum absolute atomic E-state index is 4.74. The molecule has 0 saturated carbocycles. The number of aromatic nitrogens is 2. The van der Waals surface area contributed by atoms with Crippen molar-refractivity contribution >= 4 is 46.2 Å². The highest BCUT2D eigenvalue weighted by molar-refractivity contribution is 14.0. The molecule has 0 aliphatic carbocycles. The van der Waals surface area contributed by atoms with Crippen LogP contribution in [0.3, 0.4) is 0 Å². The molecular weight excluding hydrogens is 507 g/mol. The molecule has 2 N–H and O–H groups in total. The summed E-state index contributed by atoms with van der Waals surface area (Å²) >= 11 is 1.65. The molecule has 3 aromatic rings. The molecular formula is C22H31IN6S. The standard InChI is InChI=1S/C22H30N6S.HI/c1-2-23-21(25-15-20-17-28-12-13-29-22(28)26-20)24-14-18-6-8-19(9-7-18)16-27-10-4-3-5-11-27;/h6-9,12-13,17H,2-5,10-11,14-16H2,1H3,(H2,23,24,25);1H. The van der Waals surface area contributed by atoms with Crippen molar-refractivity contribution in [1.29, 1.82) is 0 Å². The average molecular weight is 539 g/mol. The highest BCUT2D eigenvalue weighted by Gasteiger charge is 2.10. The van der Waals surface area contributed by atoms with Crippen molar-refractivity contribution in [3.63, 3.8) is 0 Å². The molecule has 0 radical (unpaired) electrons. The van der Waals surface area contributed by atoms with Crippen LogP contribution in [0.1, 0.15) is 43.0 Å². The lowest BCUT2D eigenvalue weighted by Crippen LogP contribution is -2.36. The van der Waals surface area contributed by atoms with Crippen molar-refractivity contribution in [1.82, 2.24) is 24.9 Å². The number of fused-ring (bicyclic) bond motifs is 1. The monoisotopic (exact) mass is 538 g/mol.